The standard InChI is InChI=1S/C18H18F7N5O/c19-10-2-1-8(29-15(31)12-7-27-11(6-28-12)14(20)21)5-9(10)18(16(22)23)17(24,25)4-3-13(26)30-18/h5-8,10,14,16H,1-4H2,(H2,26,30)(H,29,31)/t8?,10?,18-/m0/s1. The molecule has 1 amide bonds. The molecular formula is C18H18F7N5O. The van der Waals surface area contributed by atoms with E-state index < -0.39 is 78.8 Å². The second kappa shape index (κ2) is 8.42. The van der Waals surface area contributed by atoms with Gasteiger partial charge in [0.1, 0.15) is 17.6 Å². The lowest BCUT2D eigenvalue weighted by Gasteiger charge is -2.43. The number of halogens is 7. The summed E-state index contributed by atoms with van der Waals surface area (Å²) in [7, 11) is 0. The number of nitrogens with two attached hydrogens (primary N) is 1. The molecule has 3 atom stereocenters. The van der Waals surface area contributed by atoms with Crippen molar-refractivity contribution < 1.29 is 35.5 Å². The number of carbonyl (C=O) groups is 1. The Bertz CT molecular complexity index is 890. The van der Waals surface area contributed by atoms with Gasteiger partial charge >= 0.3 is 0 Å². The molecule has 0 fully saturated rings. The van der Waals surface area contributed by atoms with Crippen LogP contribution in [0.15, 0.2) is 29.0 Å². The first-order valence-corrected chi connectivity index (χ1v) is 9.25. The Morgan fingerprint density at radius 1 is 1.16 bits per heavy atom. The number of amides is 1. The van der Waals surface area contributed by atoms with E-state index in [-0.39, 0.29) is 12.1 Å². The molecule has 0 spiro atoms. The van der Waals surface area contributed by atoms with Crippen molar-refractivity contribution in [1.29, 1.82) is 0 Å². The minimum atomic E-state index is -4.07. The normalized spacial score (nSPS) is 28.3. The molecule has 0 saturated heterocycles. The average Bonchev–Trinajstić information content (AvgIpc) is 2.71. The molecule has 0 bridgehead atoms. The van der Waals surface area contributed by atoms with Gasteiger partial charge in [0, 0.05) is 24.5 Å². The van der Waals surface area contributed by atoms with Gasteiger partial charge in [-0.25, -0.2) is 40.7 Å². The van der Waals surface area contributed by atoms with Crippen molar-refractivity contribution in [3.63, 3.8) is 0 Å². The summed E-state index contributed by atoms with van der Waals surface area (Å²) in [5.41, 5.74) is -0.0136. The van der Waals surface area contributed by atoms with Gasteiger partial charge in [-0.3, -0.25) is 9.78 Å². The fourth-order valence-electron chi connectivity index (χ4n) is 3.63. The number of aliphatic imine (C=N–C) groups is 1. The van der Waals surface area contributed by atoms with E-state index in [2.05, 4.69) is 20.3 Å². The Labute approximate surface area is 171 Å². The first-order chi connectivity index (χ1) is 14.5. The highest BCUT2D eigenvalue weighted by Crippen LogP contribution is 2.50. The Morgan fingerprint density at radius 3 is 2.45 bits per heavy atom. The molecule has 31 heavy (non-hydrogen) atoms. The molecule has 2 aliphatic rings. The Balaban J connectivity index is 1.91. The number of carbonyl (C=O) groups excluding carboxylic acids is 1. The van der Waals surface area contributed by atoms with Crippen LogP contribution in [0.25, 0.3) is 0 Å². The van der Waals surface area contributed by atoms with Crippen LogP contribution in [-0.4, -0.2) is 51.8 Å². The molecule has 3 rings (SSSR count). The number of hydrogen-bond donors (Lipinski definition) is 2. The second-order valence-corrected chi connectivity index (χ2v) is 7.25. The van der Waals surface area contributed by atoms with E-state index in [1.54, 1.807) is 0 Å². The van der Waals surface area contributed by atoms with Crippen LogP contribution < -0.4 is 11.1 Å². The van der Waals surface area contributed by atoms with Gasteiger partial charge in [0.2, 0.25) is 5.54 Å². The lowest BCUT2D eigenvalue weighted by Crippen LogP contribution is -2.59. The zero-order valence-electron chi connectivity index (χ0n) is 15.8. The van der Waals surface area contributed by atoms with Gasteiger partial charge in [-0.15, -0.1) is 0 Å². The topological polar surface area (TPSA) is 93.3 Å². The van der Waals surface area contributed by atoms with Crippen molar-refractivity contribution in [3.8, 4) is 0 Å². The summed E-state index contributed by atoms with van der Waals surface area (Å²) in [4.78, 5) is 22.5. The molecule has 0 aromatic carbocycles. The monoisotopic (exact) mass is 453 g/mol. The average molecular weight is 453 g/mol. The molecule has 2 unspecified atom stereocenters. The lowest BCUT2D eigenvalue weighted by atomic mass is 9.74. The summed E-state index contributed by atoms with van der Waals surface area (Å²) in [6.07, 6.45) is -8.48. The van der Waals surface area contributed by atoms with E-state index in [0.29, 0.717) is 6.20 Å². The quantitative estimate of drug-likeness (QED) is 0.528. The number of hydrogen-bond acceptors (Lipinski definition) is 5. The van der Waals surface area contributed by atoms with Gasteiger partial charge in [-0.05, 0) is 12.8 Å². The van der Waals surface area contributed by atoms with Crippen molar-refractivity contribution in [3.05, 3.63) is 35.4 Å². The van der Waals surface area contributed by atoms with Crippen molar-refractivity contribution >= 4 is 11.7 Å². The predicted octanol–water partition coefficient (Wildman–Crippen LogP) is 3.36. The maximum atomic E-state index is 14.6. The van der Waals surface area contributed by atoms with Crippen LogP contribution in [0.5, 0.6) is 0 Å². The largest absolute Gasteiger partial charge is 0.387 e. The molecule has 2 heterocycles. The molecule has 1 aromatic rings. The second-order valence-electron chi connectivity index (χ2n) is 7.25. The molecule has 1 aromatic heterocycles. The predicted molar refractivity (Wildman–Crippen MR) is 95.0 cm³/mol. The van der Waals surface area contributed by atoms with Gasteiger partial charge in [0.15, 0.2) is 0 Å². The van der Waals surface area contributed by atoms with Crippen LogP contribution in [0.4, 0.5) is 30.7 Å². The van der Waals surface area contributed by atoms with Crippen molar-refractivity contribution in [2.75, 3.05) is 0 Å². The van der Waals surface area contributed by atoms with Gasteiger partial charge in [-0.1, -0.05) is 6.08 Å². The minimum absolute atomic E-state index is 0.0803. The van der Waals surface area contributed by atoms with Crippen LogP contribution in [0.3, 0.4) is 0 Å². The first-order valence-electron chi connectivity index (χ1n) is 9.25. The van der Waals surface area contributed by atoms with Crippen LogP contribution >= 0.6 is 0 Å². The highest BCUT2D eigenvalue weighted by molar-refractivity contribution is 5.92. The van der Waals surface area contributed by atoms with Crippen molar-refractivity contribution in [1.82, 2.24) is 15.3 Å². The number of amidine groups is 1. The first kappa shape index (κ1) is 22.9. The molecule has 13 heteroatoms. The summed E-state index contributed by atoms with van der Waals surface area (Å²) >= 11 is 0. The van der Waals surface area contributed by atoms with Gasteiger partial charge < -0.3 is 11.1 Å². The van der Waals surface area contributed by atoms with Crippen LogP contribution in [0.2, 0.25) is 0 Å². The van der Waals surface area contributed by atoms with E-state index in [1.165, 1.54) is 0 Å². The minimum Gasteiger partial charge on any atom is -0.387 e. The van der Waals surface area contributed by atoms with Crippen LogP contribution in [0.1, 0.15) is 48.3 Å². The Morgan fingerprint density at radius 2 is 1.87 bits per heavy atom. The van der Waals surface area contributed by atoms with Crippen LogP contribution in [-0.2, 0) is 0 Å². The molecule has 170 valence electrons. The van der Waals surface area contributed by atoms with E-state index in [4.69, 9.17) is 5.73 Å². The van der Waals surface area contributed by atoms with Gasteiger partial charge in [0.25, 0.3) is 24.7 Å². The highest BCUT2D eigenvalue weighted by Gasteiger charge is 2.65. The number of alkyl halides is 7. The van der Waals surface area contributed by atoms with Gasteiger partial charge in [0.05, 0.1) is 18.2 Å². The number of nitrogens with zero attached hydrogens (tertiary/aromatic N) is 3. The fraction of sp³-hybridized carbons (Fsp3) is 0.556. The summed E-state index contributed by atoms with van der Waals surface area (Å²) in [5.74, 6) is -5.43. The molecular weight excluding hydrogens is 435 g/mol. The summed E-state index contributed by atoms with van der Waals surface area (Å²) in [5, 5.41) is 2.33. The van der Waals surface area contributed by atoms with Crippen molar-refractivity contribution in [2.45, 2.75) is 62.2 Å². The number of rotatable bonds is 5. The van der Waals surface area contributed by atoms with E-state index in [1.807, 2.05) is 0 Å². The highest BCUT2D eigenvalue weighted by atomic mass is 19.3. The molecule has 1 aliphatic carbocycles. The number of aromatic nitrogens is 2. The third-order valence-electron chi connectivity index (χ3n) is 5.22. The molecule has 6 nitrogen and oxygen atoms in total. The maximum absolute atomic E-state index is 14.6. The zero-order valence-corrected chi connectivity index (χ0v) is 15.8. The SMILES string of the molecule is NC1=N[C@@](C2=CC(NC(=O)c3cnc(C(F)F)cn3)CCC2F)(C(F)F)C(F)(F)CC1. The summed E-state index contributed by atoms with van der Waals surface area (Å²) < 4.78 is 96.9. The molecule has 3 N–H and O–H groups in total. The van der Waals surface area contributed by atoms with E-state index in [9.17, 15) is 35.5 Å². The van der Waals surface area contributed by atoms with Gasteiger partial charge in [-0.2, -0.15) is 0 Å². The lowest BCUT2D eigenvalue weighted by molar-refractivity contribution is -0.127. The maximum Gasteiger partial charge on any atom is 0.282 e. The molecule has 0 saturated carbocycles. The van der Waals surface area contributed by atoms with E-state index >= 15 is 0 Å². The van der Waals surface area contributed by atoms with E-state index in [0.717, 1.165) is 12.3 Å². The fourth-order valence-corrected chi connectivity index (χ4v) is 3.63. The zero-order chi connectivity index (χ0) is 23.0. The summed E-state index contributed by atoms with van der Waals surface area (Å²) in [6, 6.07) is -1.10. The molecule has 1 aliphatic heterocycles. The third kappa shape index (κ3) is 4.22. The Kier molecular flexibility index (Phi) is 6.23. The van der Waals surface area contributed by atoms with Crippen molar-refractivity contribution in [2.24, 2.45) is 10.7 Å². The Hall–Kier alpha value is -2.73. The summed E-state index contributed by atoms with van der Waals surface area (Å²) in [6.45, 7) is 0. The smallest absolute Gasteiger partial charge is 0.282 e. The van der Waals surface area contributed by atoms with Crippen LogP contribution in [0, 0.1) is 0 Å². The molecule has 0 radical (unpaired) electrons. The third-order valence-corrected chi connectivity index (χ3v) is 5.22. The number of nitrogens with one attached hydrogen (secondary N) is 1.